The van der Waals surface area contributed by atoms with Crippen LogP contribution in [0.25, 0.3) is 5.70 Å². The molecule has 2 aliphatic heterocycles. The third-order valence-electron chi connectivity index (χ3n) is 6.30. The topological polar surface area (TPSA) is 92.7 Å². The SMILES string of the molecule is CCOC(=O)C1=C(c2ccccc2)N=C2SC=C(CC(=O)NCCN(C)C)N2[C@@H]1c1ccc(OC)c(OC)c1. The third-order valence-corrected chi connectivity index (χ3v) is 7.19. The fourth-order valence-electron chi connectivity index (χ4n) is 4.47. The molecule has 0 aliphatic carbocycles. The molecule has 2 aliphatic rings. The van der Waals surface area contributed by atoms with Crippen molar-refractivity contribution < 1.29 is 23.8 Å². The van der Waals surface area contributed by atoms with Crippen LogP contribution in [-0.2, 0) is 14.3 Å². The summed E-state index contributed by atoms with van der Waals surface area (Å²) in [6, 6.07) is 14.5. The smallest absolute Gasteiger partial charge is 0.338 e. The molecule has 1 atom stereocenters. The minimum absolute atomic E-state index is 0.105. The van der Waals surface area contributed by atoms with Gasteiger partial charge >= 0.3 is 5.97 Å². The molecule has 0 saturated heterocycles. The van der Waals surface area contributed by atoms with Crippen LogP contribution in [0.1, 0.15) is 30.5 Å². The van der Waals surface area contributed by atoms with Crippen molar-refractivity contribution >= 4 is 34.5 Å². The largest absolute Gasteiger partial charge is 0.493 e. The fourth-order valence-corrected chi connectivity index (χ4v) is 5.39. The minimum Gasteiger partial charge on any atom is -0.493 e. The number of thioether (sulfide) groups is 1. The van der Waals surface area contributed by atoms with Gasteiger partial charge in [-0.25, -0.2) is 9.79 Å². The molecule has 0 saturated carbocycles. The highest BCUT2D eigenvalue weighted by Crippen LogP contribution is 2.48. The van der Waals surface area contributed by atoms with Crippen LogP contribution in [-0.4, -0.2) is 74.9 Å². The zero-order valence-electron chi connectivity index (χ0n) is 22.9. The standard InChI is InChI=1S/C29H34N4O5S/c1-6-38-28(35)25-26(19-10-8-7-9-11-19)31-29-33(21(18-39-29)17-24(34)30-14-15-32(2)3)27(25)20-12-13-22(36-4)23(16-20)37-5/h7-13,16,18,27H,6,14-15,17H2,1-5H3,(H,30,34)/t27-/m1/s1. The second-order valence-corrected chi connectivity index (χ2v) is 10.0. The highest BCUT2D eigenvalue weighted by Gasteiger charge is 2.42. The number of carbonyl (C=O) groups is 2. The van der Waals surface area contributed by atoms with Crippen LogP contribution >= 0.6 is 11.8 Å². The second kappa shape index (κ2) is 12.9. The Kier molecular flexibility index (Phi) is 9.32. The average Bonchev–Trinajstić information content (AvgIpc) is 3.34. The normalized spacial score (nSPS) is 16.5. The number of benzene rings is 2. The molecule has 206 valence electrons. The number of ether oxygens (including phenoxy) is 3. The van der Waals surface area contributed by atoms with Gasteiger partial charge in [-0.3, -0.25) is 4.79 Å². The summed E-state index contributed by atoms with van der Waals surface area (Å²) >= 11 is 1.43. The van der Waals surface area contributed by atoms with Crippen LogP contribution in [0.5, 0.6) is 11.5 Å². The highest BCUT2D eigenvalue weighted by atomic mass is 32.2. The third kappa shape index (κ3) is 6.29. The molecule has 2 aromatic rings. The van der Waals surface area contributed by atoms with E-state index in [0.717, 1.165) is 23.4 Å². The van der Waals surface area contributed by atoms with Crippen molar-refractivity contribution in [1.29, 1.82) is 0 Å². The number of hydrogen-bond acceptors (Lipinski definition) is 9. The van der Waals surface area contributed by atoms with Crippen molar-refractivity contribution in [3.05, 3.63) is 76.3 Å². The first-order valence-electron chi connectivity index (χ1n) is 12.7. The van der Waals surface area contributed by atoms with Crippen LogP contribution < -0.4 is 14.8 Å². The van der Waals surface area contributed by atoms with E-state index in [2.05, 4.69) is 5.32 Å². The molecule has 2 heterocycles. The number of hydrogen-bond donors (Lipinski definition) is 1. The Morgan fingerprint density at radius 3 is 2.49 bits per heavy atom. The van der Waals surface area contributed by atoms with E-state index in [1.165, 1.54) is 11.8 Å². The Morgan fingerprint density at radius 2 is 1.82 bits per heavy atom. The first-order chi connectivity index (χ1) is 18.9. The summed E-state index contributed by atoms with van der Waals surface area (Å²) in [7, 11) is 7.06. The molecule has 0 fully saturated rings. The number of methoxy groups -OCH3 is 2. The molecule has 0 aromatic heterocycles. The molecule has 39 heavy (non-hydrogen) atoms. The van der Waals surface area contributed by atoms with E-state index in [9.17, 15) is 9.59 Å². The van der Waals surface area contributed by atoms with Crippen LogP contribution in [0.2, 0.25) is 0 Å². The number of nitrogens with zero attached hydrogens (tertiary/aromatic N) is 3. The number of rotatable bonds is 11. The van der Waals surface area contributed by atoms with Gasteiger partial charge in [0.25, 0.3) is 0 Å². The van der Waals surface area contributed by atoms with Gasteiger partial charge in [0.05, 0.1) is 44.6 Å². The molecule has 9 nitrogen and oxygen atoms in total. The lowest BCUT2D eigenvalue weighted by molar-refractivity contribution is -0.139. The van der Waals surface area contributed by atoms with E-state index in [1.54, 1.807) is 21.1 Å². The zero-order chi connectivity index (χ0) is 27.9. The van der Waals surface area contributed by atoms with Gasteiger partial charge in [0.2, 0.25) is 5.91 Å². The lowest BCUT2D eigenvalue weighted by Gasteiger charge is -2.37. The summed E-state index contributed by atoms with van der Waals surface area (Å²) in [4.78, 5) is 35.4. The Morgan fingerprint density at radius 1 is 1.08 bits per heavy atom. The number of amides is 1. The number of carbonyl (C=O) groups excluding carboxylic acids is 2. The van der Waals surface area contributed by atoms with E-state index in [-0.39, 0.29) is 18.9 Å². The zero-order valence-corrected chi connectivity index (χ0v) is 23.7. The van der Waals surface area contributed by atoms with Crippen molar-refractivity contribution in [2.45, 2.75) is 19.4 Å². The van der Waals surface area contributed by atoms with Gasteiger partial charge < -0.3 is 29.3 Å². The van der Waals surface area contributed by atoms with Crippen molar-refractivity contribution in [2.24, 2.45) is 4.99 Å². The second-order valence-electron chi connectivity index (χ2n) is 9.19. The maximum Gasteiger partial charge on any atom is 0.338 e. The predicted molar refractivity (Wildman–Crippen MR) is 153 cm³/mol. The number of fused-ring (bicyclic) bond motifs is 1. The van der Waals surface area contributed by atoms with Gasteiger partial charge in [0.1, 0.15) is 0 Å². The molecule has 4 rings (SSSR count). The van der Waals surface area contributed by atoms with Gasteiger partial charge in [-0.2, -0.15) is 0 Å². The molecule has 1 amide bonds. The van der Waals surface area contributed by atoms with E-state index in [1.807, 2.05) is 77.8 Å². The summed E-state index contributed by atoms with van der Waals surface area (Å²) in [5, 5.41) is 5.58. The molecule has 0 spiro atoms. The van der Waals surface area contributed by atoms with Crippen LogP contribution in [0.4, 0.5) is 0 Å². The van der Waals surface area contributed by atoms with Gasteiger partial charge in [-0.15, -0.1) is 0 Å². The Hall–Kier alpha value is -3.76. The number of aliphatic imine (C=N–C) groups is 1. The quantitative estimate of drug-likeness (QED) is 0.419. The minimum atomic E-state index is -0.609. The first kappa shape index (κ1) is 28.3. The van der Waals surface area contributed by atoms with Crippen molar-refractivity contribution in [1.82, 2.24) is 15.1 Å². The van der Waals surface area contributed by atoms with E-state index >= 15 is 0 Å². The molecule has 1 N–H and O–H groups in total. The maximum atomic E-state index is 13.6. The summed E-state index contributed by atoms with van der Waals surface area (Å²) in [6.45, 7) is 3.27. The van der Waals surface area contributed by atoms with Gasteiger partial charge in [-0.1, -0.05) is 48.2 Å². The Balaban J connectivity index is 1.82. The lowest BCUT2D eigenvalue weighted by Crippen LogP contribution is -2.38. The average molecular weight is 551 g/mol. The number of nitrogens with one attached hydrogen (secondary N) is 1. The number of amidine groups is 1. The number of likely N-dealkylation sites (N-methyl/N-ethyl adjacent to an activating group) is 1. The molecule has 0 radical (unpaired) electrons. The first-order valence-corrected chi connectivity index (χ1v) is 13.6. The van der Waals surface area contributed by atoms with E-state index < -0.39 is 12.0 Å². The van der Waals surface area contributed by atoms with Gasteiger partial charge in [-0.05, 0) is 44.1 Å². The Labute approximate surface area is 233 Å². The maximum absolute atomic E-state index is 13.6. The summed E-state index contributed by atoms with van der Waals surface area (Å²) in [5.74, 6) is 0.530. The fraction of sp³-hybridized carbons (Fsp3) is 0.345. The van der Waals surface area contributed by atoms with Crippen molar-refractivity contribution in [3.63, 3.8) is 0 Å². The van der Waals surface area contributed by atoms with Crippen LogP contribution in [0.15, 0.2) is 70.2 Å². The number of esters is 1. The summed E-state index contributed by atoms with van der Waals surface area (Å²) < 4.78 is 16.6. The molecule has 0 bridgehead atoms. The van der Waals surface area contributed by atoms with Crippen LogP contribution in [0.3, 0.4) is 0 Å². The lowest BCUT2D eigenvalue weighted by atomic mass is 9.91. The molecular formula is C29H34N4O5S. The summed E-state index contributed by atoms with van der Waals surface area (Å²) in [5.41, 5.74) is 3.25. The van der Waals surface area contributed by atoms with Crippen molar-refractivity contribution in [3.8, 4) is 11.5 Å². The van der Waals surface area contributed by atoms with E-state index in [0.29, 0.717) is 34.5 Å². The van der Waals surface area contributed by atoms with E-state index in [4.69, 9.17) is 19.2 Å². The van der Waals surface area contributed by atoms with Gasteiger partial charge in [0.15, 0.2) is 16.7 Å². The van der Waals surface area contributed by atoms with Crippen LogP contribution in [0, 0.1) is 0 Å². The molecule has 2 aromatic carbocycles. The monoisotopic (exact) mass is 550 g/mol. The Bertz CT molecular complexity index is 1310. The predicted octanol–water partition coefficient (Wildman–Crippen LogP) is 4.05. The molecule has 0 unspecified atom stereocenters. The highest BCUT2D eigenvalue weighted by molar-refractivity contribution is 8.16. The summed E-state index contributed by atoms with van der Waals surface area (Å²) in [6.07, 6.45) is 0.139. The van der Waals surface area contributed by atoms with Gasteiger partial charge in [0, 0.05) is 24.4 Å². The molecular weight excluding hydrogens is 516 g/mol. The molecule has 10 heteroatoms. The van der Waals surface area contributed by atoms with Crippen molar-refractivity contribution in [2.75, 3.05) is 48.0 Å².